The van der Waals surface area contributed by atoms with Crippen LogP contribution in [0.1, 0.15) is 22.6 Å². The quantitative estimate of drug-likeness (QED) is 0.140. The van der Waals surface area contributed by atoms with Gasteiger partial charge in [0.2, 0.25) is 0 Å². The molecule has 1 radical (unpaired) electrons. The predicted molar refractivity (Wildman–Crippen MR) is 114 cm³/mol. The van der Waals surface area contributed by atoms with Crippen LogP contribution in [0.3, 0.4) is 0 Å². The third kappa shape index (κ3) is 4.34. The topological polar surface area (TPSA) is 40.5 Å². The molecule has 0 fully saturated rings. The van der Waals surface area contributed by atoms with Gasteiger partial charge in [0.05, 0.1) is 25.1 Å². The summed E-state index contributed by atoms with van der Waals surface area (Å²) in [4.78, 5) is 0. The minimum Gasteiger partial charge on any atom is -0.504 e. The molecule has 0 heterocycles. The summed E-state index contributed by atoms with van der Waals surface area (Å²) in [6, 6.07) is 13.9. The molecule has 0 aromatic heterocycles. The molecule has 0 spiro atoms. The molecule has 2 N–H and O–H groups in total. The number of rotatable bonds is 3. The minimum atomic E-state index is -0.629. The van der Waals surface area contributed by atoms with Gasteiger partial charge in [0, 0.05) is 46.6 Å². The van der Waals surface area contributed by atoms with Gasteiger partial charge in [-0.05, 0) is 11.6 Å². The van der Waals surface area contributed by atoms with Crippen molar-refractivity contribution in [3.63, 3.8) is 0 Å². The van der Waals surface area contributed by atoms with Gasteiger partial charge in [-0.1, -0.05) is 100 Å². The fourth-order valence-electron chi connectivity index (χ4n) is 2.80. The van der Waals surface area contributed by atoms with Crippen LogP contribution >= 0.6 is 58.0 Å². The van der Waals surface area contributed by atoms with Crippen LogP contribution in [0.15, 0.2) is 48.5 Å². The Bertz CT molecular complexity index is 951. The molecule has 1 atom stereocenters. The largest absolute Gasteiger partial charge is 0.504 e. The fraction of sp³-hybridized carbons (Fsp3) is 0.0526. The zero-order valence-electron chi connectivity index (χ0n) is 14.0. The number of para-hydroxylation sites is 1. The first-order chi connectivity index (χ1) is 12.3. The second kappa shape index (κ2) is 9.47. The monoisotopic (exact) mass is 469 g/mol. The molecule has 0 saturated carbocycles. The molecule has 0 amide bonds. The number of aromatic hydroxyl groups is 2. The average Bonchev–Trinajstić information content (AvgIpc) is 2.65. The Hall–Kier alpha value is -0.290. The van der Waals surface area contributed by atoms with E-state index in [4.69, 9.17) is 58.0 Å². The number of hydrogen-bond donors (Lipinski definition) is 2. The first-order valence-corrected chi connectivity index (χ1v) is 9.30. The predicted octanol–water partition coefficient (Wildman–Crippen LogP) is 7.16. The molecule has 0 saturated heterocycles. The number of halogens is 5. The number of phenols is 2. The molecule has 135 valence electrons. The number of benzene rings is 3. The third-order valence-corrected chi connectivity index (χ3v) is 6.33. The first-order valence-electron chi connectivity index (χ1n) is 7.41. The van der Waals surface area contributed by atoms with E-state index < -0.39 is 5.92 Å². The first kappa shape index (κ1) is 23.0. The maximum absolute atomic E-state index is 10.4. The third-order valence-electron chi connectivity index (χ3n) is 4.02. The minimum absolute atomic E-state index is 0. The Balaban J connectivity index is 0.00000261. The second-order valence-corrected chi connectivity index (χ2v) is 7.43. The molecule has 0 aliphatic rings. The van der Waals surface area contributed by atoms with Gasteiger partial charge >= 0.3 is 0 Å². The van der Waals surface area contributed by atoms with Crippen molar-refractivity contribution >= 4 is 87.6 Å². The van der Waals surface area contributed by atoms with E-state index in [0.29, 0.717) is 11.1 Å². The maximum atomic E-state index is 10.4. The van der Waals surface area contributed by atoms with E-state index >= 15 is 0 Å². The summed E-state index contributed by atoms with van der Waals surface area (Å²) in [5.74, 6) is -1.17. The van der Waals surface area contributed by atoms with Gasteiger partial charge in [-0.3, -0.25) is 0 Å². The van der Waals surface area contributed by atoms with Crippen molar-refractivity contribution in [1.29, 1.82) is 0 Å². The van der Waals surface area contributed by atoms with Crippen LogP contribution in [0, 0.1) is 0 Å². The van der Waals surface area contributed by atoms with Crippen LogP contribution in [0.2, 0.25) is 25.1 Å². The van der Waals surface area contributed by atoms with E-state index in [2.05, 4.69) is 0 Å². The zero-order valence-corrected chi connectivity index (χ0v) is 19.8. The Kier molecular flexibility index (Phi) is 8.07. The van der Waals surface area contributed by atoms with E-state index in [1.807, 2.05) is 30.3 Å². The Morgan fingerprint density at radius 3 is 1.70 bits per heavy atom. The van der Waals surface area contributed by atoms with Crippen LogP contribution in [0.5, 0.6) is 11.5 Å². The van der Waals surface area contributed by atoms with Crippen molar-refractivity contribution in [2.24, 2.45) is 0 Å². The van der Waals surface area contributed by atoms with Crippen molar-refractivity contribution in [3.8, 4) is 11.5 Å². The van der Waals surface area contributed by atoms with Gasteiger partial charge in [0.15, 0.2) is 11.5 Å². The van der Waals surface area contributed by atoms with E-state index in [1.165, 1.54) is 6.07 Å². The molecular formula is C19H11Cl5NaO2. The molecule has 0 aliphatic heterocycles. The van der Waals surface area contributed by atoms with Gasteiger partial charge in [0.25, 0.3) is 0 Å². The van der Waals surface area contributed by atoms with E-state index in [-0.39, 0.29) is 66.2 Å². The van der Waals surface area contributed by atoms with Gasteiger partial charge in [-0.15, -0.1) is 0 Å². The standard InChI is InChI=1S/C19H11Cl5O2.Na/c20-14-13(15(21)17(23)18(24)16(14)22)12(9-5-2-1-3-6-9)10-7-4-8-11(25)19(10)26;/h1-8,12,25-26H;. The molecule has 3 aromatic carbocycles. The second-order valence-electron chi connectivity index (χ2n) is 5.54. The smallest absolute Gasteiger partial charge is 0.161 e. The Morgan fingerprint density at radius 1 is 0.630 bits per heavy atom. The Labute approximate surface area is 203 Å². The summed E-state index contributed by atoms with van der Waals surface area (Å²) in [6.45, 7) is 0. The molecular weight excluding hydrogens is 460 g/mol. The van der Waals surface area contributed by atoms with Crippen molar-refractivity contribution in [2.75, 3.05) is 0 Å². The summed E-state index contributed by atoms with van der Waals surface area (Å²) < 4.78 is 0. The molecule has 3 aromatic rings. The summed E-state index contributed by atoms with van der Waals surface area (Å²) in [6.07, 6.45) is 0. The molecule has 0 aliphatic carbocycles. The zero-order chi connectivity index (χ0) is 19.0. The van der Waals surface area contributed by atoms with Gasteiger partial charge in [-0.25, -0.2) is 0 Å². The summed E-state index contributed by atoms with van der Waals surface area (Å²) in [5.41, 5.74) is 1.56. The van der Waals surface area contributed by atoms with Gasteiger partial charge in [0.1, 0.15) is 0 Å². The van der Waals surface area contributed by atoms with Gasteiger partial charge in [-0.2, -0.15) is 0 Å². The van der Waals surface area contributed by atoms with Gasteiger partial charge < -0.3 is 10.2 Å². The molecule has 3 rings (SSSR count). The average molecular weight is 472 g/mol. The van der Waals surface area contributed by atoms with Crippen LogP contribution in [0.4, 0.5) is 0 Å². The summed E-state index contributed by atoms with van der Waals surface area (Å²) in [5, 5.41) is 20.8. The summed E-state index contributed by atoms with van der Waals surface area (Å²) >= 11 is 31.5. The SMILES string of the molecule is Oc1cccc(C(c2ccccc2)c2c(Cl)c(Cl)c(Cl)c(Cl)c2Cl)c1O.[Na]. The molecule has 2 nitrogen and oxygen atoms in total. The van der Waals surface area contributed by atoms with E-state index in [1.54, 1.807) is 12.1 Å². The van der Waals surface area contributed by atoms with Crippen molar-refractivity contribution in [3.05, 3.63) is 90.3 Å². The van der Waals surface area contributed by atoms with Crippen LogP contribution in [0.25, 0.3) is 0 Å². The van der Waals surface area contributed by atoms with Crippen molar-refractivity contribution in [1.82, 2.24) is 0 Å². The van der Waals surface area contributed by atoms with Crippen LogP contribution in [-0.4, -0.2) is 39.8 Å². The normalized spacial score (nSPS) is 11.7. The molecule has 0 bridgehead atoms. The van der Waals surface area contributed by atoms with E-state index in [0.717, 1.165) is 5.56 Å². The van der Waals surface area contributed by atoms with Crippen molar-refractivity contribution < 1.29 is 10.2 Å². The van der Waals surface area contributed by atoms with E-state index in [9.17, 15) is 10.2 Å². The van der Waals surface area contributed by atoms with Crippen LogP contribution in [-0.2, 0) is 0 Å². The molecule has 8 heteroatoms. The Morgan fingerprint density at radius 2 is 1.15 bits per heavy atom. The molecule has 1 unspecified atom stereocenters. The van der Waals surface area contributed by atoms with Crippen molar-refractivity contribution in [2.45, 2.75) is 5.92 Å². The number of hydrogen-bond acceptors (Lipinski definition) is 2. The fourth-order valence-corrected chi connectivity index (χ4v) is 4.18. The molecule has 27 heavy (non-hydrogen) atoms. The number of phenolic OH excluding ortho intramolecular Hbond substituents is 2. The summed E-state index contributed by atoms with van der Waals surface area (Å²) in [7, 11) is 0. The maximum Gasteiger partial charge on any atom is 0.161 e. The van der Waals surface area contributed by atoms with Crippen LogP contribution < -0.4 is 0 Å².